The van der Waals surface area contributed by atoms with E-state index in [1.807, 2.05) is 61.7 Å². The van der Waals surface area contributed by atoms with Gasteiger partial charge in [0, 0.05) is 10.1 Å². The second-order valence-corrected chi connectivity index (χ2v) is 12.2. The van der Waals surface area contributed by atoms with Crippen LogP contribution in [0.3, 0.4) is 0 Å². The first-order chi connectivity index (χ1) is 15.8. The van der Waals surface area contributed by atoms with E-state index in [9.17, 15) is 14.5 Å². The van der Waals surface area contributed by atoms with Gasteiger partial charge in [-0.15, -0.1) is 23.1 Å². The van der Waals surface area contributed by atoms with Gasteiger partial charge in [0.1, 0.15) is 6.10 Å². The minimum Gasteiger partial charge on any atom is -0.465 e. The number of aliphatic hydroxyl groups is 1. The topological polar surface area (TPSA) is 82.1 Å². The molecule has 2 rings (SSSR count). The molecule has 0 bridgehead atoms. The summed E-state index contributed by atoms with van der Waals surface area (Å²) in [5.74, 6) is -0.688. The first-order valence-corrected chi connectivity index (χ1v) is 14.7. The molecule has 0 saturated heterocycles. The monoisotopic (exact) mass is 514 g/mol. The molecule has 0 fully saturated rings. The molecule has 4 atom stereocenters. The fourth-order valence-corrected chi connectivity index (χ4v) is 8.75. The van der Waals surface area contributed by atoms with Crippen LogP contribution in [-0.2, 0) is 23.1 Å². The number of carbonyl (C=O) groups excluding carboxylic acids is 1. The Morgan fingerprint density at radius 2 is 1.67 bits per heavy atom. The molecule has 0 amide bonds. The fraction of sp³-hybridized carbons (Fsp3) is 0.542. The molecule has 0 spiro atoms. The molecule has 1 aromatic carbocycles. The van der Waals surface area contributed by atoms with Gasteiger partial charge in [-0.3, -0.25) is 9.36 Å². The van der Waals surface area contributed by atoms with Crippen molar-refractivity contribution in [2.24, 2.45) is 5.92 Å². The Bertz CT molecular complexity index is 864. The summed E-state index contributed by atoms with van der Waals surface area (Å²) in [5, 5.41) is 12.4. The summed E-state index contributed by atoms with van der Waals surface area (Å²) in [7, 11) is -3.84. The van der Waals surface area contributed by atoms with Crippen LogP contribution in [0.25, 0.3) is 0 Å². The van der Waals surface area contributed by atoms with E-state index in [1.165, 1.54) is 23.1 Å². The van der Waals surface area contributed by atoms with Gasteiger partial charge in [0.2, 0.25) is 0 Å². The highest BCUT2D eigenvalue weighted by atomic mass is 32.2. The molecular formula is C24H35O6PS2. The molecule has 4 unspecified atom stereocenters. The van der Waals surface area contributed by atoms with Crippen LogP contribution in [0.2, 0.25) is 0 Å². The third-order valence-electron chi connectivity index (χ3n) is 5.01. The first kappa shape index (κ1) is 28.1. The number of benzene rings is 1. The summed E-state index contributed by atoms with van der Waals surface area (Å²) in [6.45, 7) is 9.52. The molecule has 0 aliphatic rings. The highest BCUT2D eigenvalue weighted by molar-refractivity contribution is 8.00. The number of carbonyl (C=O) groups is 1. The molecule has 0 radical (unpaired) electrons. The van der Waals surface area contributed by atoms with Crippen LogP contribution >= 0.6 is 30.7 Å². The number of ether oxygens (including phenoxy) is 1. The van der Waals surface area contributed by atoms with Crippen LogP contribution in [0.1, 0.15) is 56.4 Å². The van der Waals surface area contributed by atoms with Crippen molar-refractivity contribution in [2.75, 3.05) is 19.8 Å². The lowest BCUT2D eigenvalue weighted by atomic mass is 10.1. The summed E-state index contributed by atoms with van der Waals surface area (Å²) >= 11 is 2.90. The Balaban J connectivity index is 2.55. The normalized spacial score (nSPS) is 15.7. The van der Waals surface area contributed by atoms with E-state index in [0.29, 0.717) is 0 Å². The Morgan fingerprint density at radius 1 is 1.03 bits per heavy atom. The van der Waals surface area contributed by atoms with Gasteiger partial charge in [0.25, 0.3) is 0 Å². The highest BCUT2D eigenvalue weighted by Gasteiger charge is 2.50. The molecule has 0 aliphatic heterocycles. The maximum atomic E-state index is 13.9. The van der Waals surface area contributed by atoms with Gasteiger partial charge in [0.15, 0.2) is 5.66 Å². The van der Waals surface area contributed by atoms with Crippen LogP contribution in [0.15, 0.2) is 47.8 Å². The van der Waals surface area contributed by atoms with Crippen molar-refractivity contribution in [3.8, 4) is 0 Å². The highest BCUT2D eigenvalue weighted by Crippen LogP contribution is 2.59. The second kappa shape index (κ2) is 13.7. The van der Waals surface area contributed by atoms with Crippen LogP contribution in [0.4, 0.5) is 0 Å². The molecule has 9 heteroatoms. The standard InChI is InChI=1S/C24H35O6PS2/c1-6-28-24(26)21(31(27,29-7-2)30-8-3)22(17(4)5)33-23(18-13-10-9-11-14-18)20(25)19-15-12-16-32-19/h9-17,20-23,25H,6-8H2,1-5H3. The molecule has 33 heavy (non-hydrogen) atoms. The maximum Gasteiger partial charge on any atom is 0.346 e. The van der Waals surface area contributed by atoms with E-state index < -0.39 is 35.8 Å². The summed E-state index contributed by atoms with van der Waals surface area (Å²) in [4.78, 5) is 14.0. The summed E-state index contributed by atoms with van der Waals surface area (Å²) < 4.78 is 30.4. The summed E-state index contributed by atoms with van der Waals surface area (Å²) in [5.41, 5.74) is -0.205. The minimum atomic E-state index is -3.84. The van der Waals surface area contributed by atoms with Crippen LogP contribution < -0.4 is 0 Å². The molecule has 1 N–H and O–H groups in total. The van der Waals surface area contributed by atoms with E-state index in [-0.39, 0.29) is 25.7 Å². The van der Waals surface area contributed by atoms with E-state index >= 15 is 0 Å². The van der Waals surface area contributed by atoms with Crippen LogP contribution in [0, 0.1) is 5.92 Å². The van der Waals surface area contributed by atoms with Crippen molar-refractivity contribution < 1.29 is 28.3 Å². The Kier molecular flexibility index (Phi) is 11.6. The number of rotatable bonds is 14. The average molecular weight is 515 g/mol. The zero-order valence-corrected chi connectivity index (χ0v) is 22.4. The van der Waals surface area contributed by atoms with Crippen molar-refractivity contribution >= 4 is 36.7 Å². The van der Waals surface area contributed by atoms with E-state index in [0.717, 1.165) is 10.4 Å². The van der Waals surface area contributed by atoms with Gasteiger partial charge >= 0.3 is 13.6 Å². The van der Waals surface area contributed by atoms with E-state index in [1.54, 1.807) is 20.8 Å². The maximum absolute atomic E-state index is 13.9. The predicted octanol–water partition coefficient (Wildman–Crippen LogP) is 6.48. The molecule has 1 heterocycles. The largest absolute Gasteiger partial charge is 0.465 e. The van der Waals surface area contributed by atoms with Crippen molar-refractivity contribution in [3.05, 3.63) is 58.3 Å². The van der Waals surface area contributed by atoms with E-state index in [2.05, 4.69) is 0 Å². The molecule has 1 aromatic heterocycles. The third-order valence-corrected chi connectivity index (χ3v) is 10.6. The second-order valence-electron chi connectivity index (χ2n) is 7.71. The summed E-state index contributed by atoms with van der Waals surface area (Å²) in [6, 6.07) is 13.5. The quantitative estimate of drug-likeness (QED) is 0.228. The van der Waals surface area contributed by atoms with E-state index in [4.69, 9.17) is 13.8 Å². The lowest BCUT2D eigenvalue weighted by Gasteiger charge is -2.35. The molecule has 6 nitrogen and oxygen atoms in total. The van der Waals surface area contributed by atoms with Crippen molar-refractivity contribution in [1.29, 1.82) is 0 Å². The molecular weight excluding hydrogens is 479 g/mol. The van der Waals surface area contributed by atoms with Gasteiger partial charge in [-0.2, -0.15) is 0 Å². The number of thioether (sulfide) groups is 1. The molecule has 184 valence electrons. The molecule has 0 aliphatic carbocycles. The minimum absolute atomic E-state index is 0.0830. The van der Waals surface area contributed by atoms with Gasteiger partial charge in [-0.1, -0.05) is 50.2 Å². The molecule has 2 aromatic rings. The SMILES string of the molecule is CCOC(=O)C(C(SC(c1ccccc1)C(O)c1cccs1)C(C)C)P(=O)(OCC)OCC. The lowest BCUT2D eigenvalue weighted by Crippen LogP contribution is -2.39. The lowest BCUT2D eigenvalue weighted by molar-refractivity contribution is -0.143. The number of hydrogen-bond donors (Lipinski definition) is 1. The zero-order valence-electron chi connectivity index (χ0n) is 19.9. The number of hydrogen-bond acceptors (Lipinski definition) is 8. The van der Waals surface area contributed by atoms with Crippen LogP contribution in [-0.4, -0.2) is 41.8 Å². The third kappa shape index (κ3) is 7.41. The zero-order chi connectivity index (χ0) is 24.4. The Morgan fingerprint density at radius 3 is 2.15 bits per heavy atom. The van der Waals surface area contributed by atoms with Crippen molar-refractivity contribution in [1.82, 2.24) is 0 Å². The smallest absolute Gasteiger partial charge is 0.346 e. The number of thiophene rings is 1. The van der Waals surface area contributed by atoms with Gasteiger partial charge in [-0.05, 0) is 43.7 Å². The Labute approximate surface area is 205 Å². The van der Waals surface area contributed by atoms with Gasteiger partial charge in [-0.25, -0.2) is 0 Å². The van der Waals surface area contributed by atoms with Gasteiger partial charge in [0.05, 0.1) is 25.1 Å². The van der Waals surface area contributed by atoms with Crippen molar-refractivity contribution in [2.45, 2.75) is 56.9 Å². The first-order valence-electron chi connectivity index (χ1n) is 11.3. The molecule has 0 saturated carbocycles. The summed E-state index contributed by atoms with van der Waals surface area (Å²) in [6.07, 6.45) is -0.805. The number of esters is 1. The fourth-order valence-electron chi connectivity index (χ4n) is 3.58. The van der Waals surface area contributed by atoms with Gasteiger partial charge < -0.3 is 18.9 Å². The number of aliphatic hydroxyl groups excluding tert-OH is 1. The predicted molar refractivity (Wildman–Crippen MR) is 136 cm³/mol. The Hall–Kier alpha value is -1.15. The average Bonchev–Trinajstić information content (AvgIpc) is 3.32. The van der Waals surface area contributed by atoms with Crippen LogP contribution in [0.5, 0.6) is 0 Å². The van der Waals surface area contributed by atoms with Crippen molar-refractivity contribution in [3.63, 3.8) is 0 Å².